The fourth-order valence-corrected chi connectivity index (χ4v) is 1.88. The van der Waals surface area contributed by atoms with Crippen molar-refractivity contribution in [1.82, 2.24) is 0 Å². The van der Waals surface area contributed by atoms with E-state index in [2.05, 4.69) is 6.58 Å². The molecule has 112 valence electrons. The van der Waals surface area contributed by atoms with Gasteiger partial charge in [0.1, 0.15) is 6.10 Å². The third-order valence-corrected chi connectivity index (χ3v) is 2.86. The van der Waals surface area contributed by atoms with E-state index in [4.69, 9.17) is 15.6 Å². The number of rotatable bonds is 6. The van der Waals surface area contributed by atoms with E-state index in [0.29, 0.717) is 6.42 Å². The minimum atomic E-state index is -1.39. The molecule has 1 aromatic rings. The number of nitrogen functional groups attached to an aromatic ring is 1. The molecule has 0 heterocycles. The average Bonchev–Trinajstić information content (AvgIpc) is 2.43. The summed E-state index contributed by atoms with van der Waals surface area (Å²) in [5.74, 6) is -3.43. The normalized spacial score (nSPS) is 11.5. The van der Waals surface area contributed by atoms with Crippen LogP contribution in [0, 0.1) is 0 Å². The van der Waals surface area contributed by atoms with Gasteiger partial charge in [-0.2, -0.15) is 0 Å². The molecule has 0 aromatic heterocycles. The molecule has 21 heavy (non-hydrogen) atoms. The van der Waals surface area contributed by atoms with Crippen molar-refractivity contribution in [2.24, 2.45) is 0 Å². The summed E-state index contributed by atoms with van der Waals surface area (Å²) in [4.78, 5) is 33.6. The highest BCUT2D eigenvalue weighted by Gasteiger charge is 2.26. The maximum atomic E-state index is 11.4. The van der Waals surface area contributed by atoms with Gasteiger partial charge in [0.2, 0.25) is 0 Å². The van der Waals surface area contributed by atoms with Gasteiger partial charge in [-0.1, -0.05) is 19.6 Å². The summed E-state index contributed by atoms with van der Waals surface area (Å²) >= 11 is 0. The van der Waals surface area contributed by atoms with Gasteiger partial charge in [0.15, 0.2) is 0 Å². The molecule has 1 unspecified atom stereocenters. The third kappa shape index (κ3) is 3.38. The zero-order valence-electron chi connectivity index (χ0n) is 11.3. The Morgan fingerprint density at radius 3 is 2.38 bits per heavy atom. The Hall–Kier alpha value is -2.83. The average molecular weight is 293 g/mol. The molecule has 0 bridgehead atoms. The first-order valence-electron chi connectivity index (χ1n) is 6.05. The number of hydrogen-bond donors (Lipinski definition) is 3. The van der Waals surface area contributed by atoms with E-state index in [1.165, 1.54) is 12.1 Å². The van der Waals surface area contributed by atoms with E-state index in [1.54, 1.807) is 6.92 Å². The van der Waals surface area contributed by atoms with Crippen LogP contribution in [0.4, 0.5) is 5.69 Å². The van der Waals surface area contributed by atoms with Gasteiger partial charge >= 0.3 is 17.9 Å². The lowest BCUT2D eigenvalue weighted by Gasteiger charge is -2.19. The van der Waals surface area contributed by atoms with Gasteiger partial charge in [0.05, 0.1) is 16.8 Å². The van der Waals surface area contributed by atoms with Crippen molar-refractivity contribution >= 4 is 23.6 Å². The Balaban J connectivity index is 3.44. The number of carboxylic acids is 2. The van der Waals surface area contributed by atoms with Crippen LogP contribution in [0.1, 0.15) is 45.7 Å². The van der Waals surface area contributed by atoms with Crippen molar-refractivity contribution in [2.45, 2.75) is 19.4 Å². The Bertz CT molecular complexity index is 608. The van der Waals surface area contributed by atoms with Gasteiger partial charge in [0, 0.05) is 11.6 Å². The predicted octanol–water partition coefficient (Wildman–Crippen LogP) is 1.85. The second kappa shape index (κ2) is 6.56. The highest BCUT2D eigenvalue weighted by molar-refractivity contribution is 6.03. The number of esters is 1. The predicted molar refractivity (Wildman–Crippen MR) is 74.1 cm³/mol. The number of hydrogen-bond acceptors (Lipinski definition) is 5. The van der Waals surface area contributed by atoms with Crippen molar-refractivity contribution < 1.29 is 29.3 Å². The van der Waals surface area contributed by atoms with Crippen LogP contribution < -0.4 is 5.73 Å². The molecule has 1 atom stereocenters. The highest BCUT2D eigenvalue weighted by atomic mass is 16.5. The quantitative estimate of drug-likeness (QED) is 0.415. The van der Waals surface area contributed by atoms with E-state index in [1.807, 2.05) is 0 Å². The first-order valence-corrected chi connectivity index (χ1v) is 6.05. The second-order valence-corrected chi connectivity index (χ2v) is 4.14. The maximum absolute atomic E-state index is 11.4. The monoisotopic (exact) mass is 293 g/mol. The molecule has 1 aromatic carbocycles. The smallest absolute Gasteiger partial charge is 0.338 e. The van der Waals surface area contributed by atoms with Crippen molar-refractivity contribution in [1.29, 1.82) is 0 Å². The van der Waals surface area contributed by atoms with Gasteiger partial charge in [0.25, 0.3) is 0 Å². The van der Waals surface area contributed by atoms with E-state index < -0.39 is 24.0 Å². The maximum Gasteiger partial charge on any atom is 0.338 e. The van der Waals surface area contributed by atoms with Crippen LogP contribution in [0.5, 0.6) is 0 Å². The standard InChI is InChI=1S/C14H15NO6/c1-3-9(21-10(16)4-2)7-5-6-8(13(17)18)12(15)11(7)14(19)20/h4-6,9H,2-3,15H2,1H3,(H,17,18)(H,19,20). The number of carbonyl (C=O) groups is 3. The van der Waals surface area contributed by atoms with E-state index in [-0.39, 0.29) is 22.4 Å². The van der Waals surface area contributed by atoms with E-state index in [0.717, 1.165) is 6.08 Å². The van der Waals surface area contributed by atoms with Gasteiger partial charge in [-0.25, -0.2) is 14.4 Å². The van der Waals surface area contributed by atoms with Crippen molar-refractivity contribution in [2.75, 3.05) is 5.73 Å². The van der Waals surface area contributed by atoms with Gasteiger partial charge in [-0.3, -0.25) is 0 Å². The third-order valence-electron chi connectivity index (χ3n) is 2.86. The number of carbonyl (C=O) groups excluding carboxylic acids is 1. The topological polar surface area (TPSA) is 127 Å². The Morgan fingerprint density at radius 1 is 1.33 bits per heavy atom. The van der Waals surface area contributed by atoms with Gasteiger partial charge in [-0.15, -0.1) is 0 Å². The Labute approximate surface area is 120 Å². The Morgan fingerprint density at radius 2 is 1.95 bits per heavy atom. The lowest BCUT2D eigenvalue weighted by atomic mass is 9.96. The van der Waals surface area contributed by atoms with Crippen molar-refractivity contribution in [3.05, 3.63) is 41.5 Å². The van der Waals surface area contributed by atoms with Crippen LogP contribution in [-0.4, -0.2) is 28.1 Å². The lowest BCUT2D eigenvalue weighted by molar-refractivity contribution is -0.143. The molecule has 7 nitrogen and oxygen atoms in total. The minimum Gasteiger partial charge on any atom is -0.478 e. The molecule has 0 aliphatic carbocycles. The number of ether oxygens (including phenoxy) is 1. The molecule has 0 amide bonds. The summed E-state index contributed by atoms with van der Waals surface area (Å²) in [6, 6.07) is 2.47. The largest absolute Gasteiger partial charge is 0.478 e. The zero-order valence-corrected chi connectivity index (χ0v) is 11.3. The molecule has 0 saturated heterocycles. The first-order chi connectivity index (χ1) is 9.83. The minimum absolute atomic E-state index is 0.141. The molecular weight excluding hydrogens is 278 g/mol. The van der Waals surface area contributed by atoms with Crippen LogP contribution in [0.3, 0.4) is 0 Å². The number of nitrogens with two attached hydrogens (primary N) is 1. The summed E-state index contributed by atoms with van der Waals surface area (Å²) in [5.41, 5.74) is 4.69. The van der Waals surface area contributed by atoms with Crippen LogP contribution in [0.15, 0.2) is 24.8 Å². The van der Waals surface area contributed by atoms with Gasteiger partial charge < -0.3 is 20.7 Å². The molecule has 0 radical (unpaired) electrons. The number of anilines is 1. The summed E-state index contributed by atoms with van der Waals surface area (Å²) in [6.45, 7) is 4.95. The SMILES string of the molecule is C=CC(=O)OC(CC)c1ccc(C(=O)O)c(N)c1C(=O)O. The number of carboxylic acid groups (broad SMARTS) is 2. The second-order valence-electron chi connectivity index (χ2n) is 4.14. The summed E-state index contributed by atoms with van der Waals surface area (Å²) in [6.07, 6.45) is 0.399. The fraction of sp³-hybridized carbons (Fsp3) is 0.214. The summed E-state index contributed by atoms with van der Waals surface area (Å²) in [7, 11) is 0. The lowest BCUT2D eigenvalue weighted by Crippen LogP contribution is -2.17. The number of benzene rings is 1. The molecule has 0 spiro atoms. The Kier molecular flexibility index (Phi) is 5.06. The summed E-state index contributed by atoms with van der Waals surface area (Å²) in [5, 5.41) is 18.2. The van der Waals surface area contributed by atoms with E-state index in [9.17, 15) is 19.5 Å². The van der Waals surface area contributed by atoms with Crippen LogP contribution >= 0.6 is 0 Å². The molecule has 1 rings (SSSR count). The van der Waals surface area contributed by atoms with Crippen LogP contribution in [0.2, 0.25) is 0 Å². The highest BCUT2D eigenvalue weighted by Crippen LogP contribution is 2.30. The molecule has 0 aliphatic rings. The fourth-order valence-electron chi connectivity index (χ4n) is 1.88. The van der Waals surface area contributed by atoms with Crippen LogP contribution in [0.25, 0.3) is 0 Å². The van der Waals surface area contributed by atoms with Crippen LogP contribution in [-0.2, 0) is 9.53 Å². The van der Waals surface area contributed by atoms with Crippen molar-refractivity contribution in [3.8, 4) is 0 Å². The number of aromatic carboxylic acids is 2. The zero-order chi connectivity index (χ0) is 16.2. The van der Waals surface area contributed by atoms with E-state index >= 15 is 0 Å². The molecule has 0 saturated carbocycles. The first kappa shape index (κ1) is 16.2. The molecule has 0 aliphatic heterocycles. The summed E-state index contributed by atoms with van der Waals surface area (Å²) < 4.78 is 5.06. The van der Waals surface area contributed by atoms with Gasteiger partial charge in [-0.05, 0) is 12.5 Å². The molecular formula is C14H15NO6. The molecule has 0 fully saturated rings. The molecule has 4 N–H and O–H groups in total. The molecule has 7 heteroatoms. The van der Waals surface area contributed by atoms with Crippen molar-refractivity contribution in [3.63, 3.8) is 0 Å².